The number of hydrogen-bond acceptors (Lipinski definition) is 4. The van der Waals surface area contributed by atoms with Crippen LogP contribution in [0.5, 0.6) is 0 Å². The molecule has 1 N–H and O–H groups in total. The second-order valence-corrected chi connectivity index (χ2v) is 7.33. The third kappa shape index (κ3) is 2.69. The monoisotopic (exact) mass is 282 g/mol. The van der Waals surface area contributed by atoms with E-state index < -0.39 is 10.0 Å². The Bertz CT molecular complexity index is 586. The molecule has 0 radical (unpaired) electrons. The number of sulfonamides is 1. The van der Waals surface area contributed by atoms with Crippen LogP contribution in [-0.2, 0) is 10.0 Å². The minimum Gasteiger partial charge on any atom is -0.210 e. The summed E-state index contributed by atoms with van der Waals surface area (Å²) in [7, 11) is -3.59. The van der Waals surface area contributed by atoms with Crippen LogP contribution in [0.15, 0.2) is 29.2 Å². The lowest BCUT2D eigenvalue weighted by atomic mass is 10.2. The van der Waals surface area contributed by atoms with Crippen LogP contribution in [0.4, 0.5) is 0 Å². The lowest BCUT2D eigenvalue weighted by Gasteiger charge is -2.13. The van der Waals surface area contributed by atoms with E-state index in [1.54, 1.807) is 23.9 Å². The summed E-state index contributed by atoms with van der Waals surface area (Å²) in [6.07, 6.45) is 4.07. The van der Waals surface area contributed by atoms with Gasteiger partial charge in [-0.2, -0.15) is 17.0 Å². The van der Waals surface area contributed by atoms with Gasteiger partial charge >= 0.3 is 0 Å². The van der Waals surface area contributed by atoms with Crippen molar-refractivity contribution in [2.24, 2.45) is 0 Å². The highest BCUT2D eigenvalue weighted by molar-refractivity contribution is 8.00. The molecule has 1 aromatic rings. The highest BCUT2D eigenvalue weighted by atomic mass is 32.2. The zero-order chi connectivity index (χ0) is 13.2. The first-order valence-electron chi connectivity index (χ1n) is 5.57. The SMILES string of the molecule is CSC1(CNS(=O)(=O)c2ccccc2C#N)CC1. The molecule has 1 aromatic carbocycles. The predicted molar refractivity (Wildman–Crippen MR) is 71.8 cm³/mol. The molecule has 96 valence electrons. The Hall–Kier alpha value is -1.03. The summed E-state index contributed by atoms with van der Waals surface area (Å²) in [6.45, 7) is 0.427. The molecule has 0 atom stereocenters. The van der Waals surface area contributed by atoms with Crippen molar-refractivity contribution in [2.45, 2.75) is 22.5 Å². The van der Waals surface area contributed by atoms with Gasteiger partial charge in [-0.05, 0) is 31.2 Å². The van der Waals surface area contributed by atoms with Crippen LogP contribution in [0.1, 0.15) is 18.4 Å². The molecule has 0 spiro atoms. The average Bonchev–Trinajstić information content (AvgIpc) is 3.17. The lowest BCUT2D eigenvalue weighted by Crippen LogP contribution is -2.32. The first-order chi connectivity index (χ1) is 8.53. The summed E-state index contributed by atoms with van der Waals surface area (Å²) in [5.41, 5.74) is 0.180. The van der Waals surface area contributed by atoms with E-state index in [1.807, 2.05) is 12.3 Å². The number of nitrogens with zero attached hydrogens (tertiary/aromatic N) is 1. The topological polar surface area (TPSA) is 70.0 Å². The van der Waals surface area contributed by atoms with Gasteiger partial charge < -0.3 is 0 Å². The highest BCUT2D eigenvalue weighted by Crippen LogP contribution is 2.46. The molecule has 4 nitrogen and oxygen atoms in total. The number of thioether (sulfide) groups is 1. The van der Waals surface area contributed by atoms with Crippen LogP contribution in [0, 0.1) is 11.3 Å². The van der Waals surface area contributed by atoms with Gasteiger partial charge in [0.15, 0.2) is 0 Å². The summed E-state index contributed by atoms with van der Waals surface area (Å²) < 4.78 is 26.9. The quantitative estimate of drug-likeness (QED) is 0.893. The van der Waals surface area contributed by atoms with Gasteiger partial charge in [0.2, 0.25) is 10.0 Å². The van der Waals surface area contributed by atoms with Crippen molar-refractivity contribution in [3.05, 3.63) is 29.8 Å². The fourth-order valence-electron chi connectivity index (χ4n) is 1.69. The minimum atomic E-state index is -3.59. The molecule has 1 fully saturated rings. The molecule has 0 aromatic heterocycles. The maximum atomic E-state index is 12.1. The molecule has 6 heteroatoms. The molecule has 2 rings (SSSR count). The molecule has 0 saturated heterocycles. The molecule has 1 aliphatic rings. The Morgan fingerprint density at radius 1 is 1.44 bits per heavy atom. The molecule has 0 unspecified atom stereocenters. The van der Waals surface area contributed by atoms with Crippen LogP contribution in [0.3, 0.4) is 0 Å². The average molecular weight is 282 g/mol. The second kappa shape index (κ2) is 4.92. The van der Waals surface area contributed by atoms with Gasteiger partial charge in [0.25, 0.3) is 0 Å². The number of benzene rings is 1. The second-order valence-electron chi connectivity index (χ2n) is 4.32. The van der Waals surface area contributed by atoms with E-state index >= 15 is 0 Å². The van der Waals surface area contributed by atoms with E-state index in [0.717, 1.165) is 12.8 Å². The summed E-state index contributed by atoms with van der Waals surface area (Å²) in [5, 5.41) is 8.92. The fraction of sp³-hybridized carbons (Fsp3) is 0.417. The highest BCUT2D eigenvalue weighted by Gasteiger charge is 2.42. The van der Waals surface area contributed by atoms with Gasteiger partial charge in [0, 0.05) is 11.3 Å². The van der Waals surface area contributed by atoms with E-state index in [1.165, 1.54) is 12.1 Å². The zero-order valence-corrected chi connectivity index (χ0v) is 11.6. The van der Waals surface area contributed by atoms with Crippen molar-refractivity contribution in [1.82, 2.24) is 4.72 Å². The Morgan fingerprint density at radius 3 is 2.67 bits per heavy atom. The maximum absolute atomic E-state index is 12.1. The Labute approximate surface area is 111 Å². The summed E-state index contributed by atoms with van der Waals surface area (Å²) in [6, 6.07) is 8.15. The molecular weight excluding hydrogens is 268 g/mol. The fourth-order valence-corrected chi connectivity index (χ4v) is 3.79. The van der Waals surface area contributed by atoms with Gasteiger partial charge in [0.05, 0.1) is 10.5 Å². The molecular formula is C12H14N2O2S2. The standard InChI is InChI=1S/C12H14N2O2S2/c1-17-12(6-7-12)9-14-18(15,16)11-5-3-2-4-10(11)8-13/h2-5,14H,6-7,9H2,1H3. The smallest absolute Gasteiger partial charge is 0.210 e. The zero-order valence-electron chi connectivity index (χ0n) is 10.0. The van der Waals surface area contributed by atoms with Crippen molar-refractivity contribution in [1.29, 1.82) is 5.26 Å². The molecule has 0 bridgehead atoms. The number of nitriles is 1. The molecule has 18 heavy (non-hydrogen) atoms. The molecule has 0 heterocycles. The first-order valence-corrected chi connectivity index (χ1v) is 8.28. The van der Waals surface area contributed by atoms with E-state index in [-0.39, 0.29) is 15.2 Å². The summed E-state index contributed by atoms with van der Waals surface area (Å²) >= 11 is 1.69. The van der Waals surface area contributed by atoms with Crippen molar-refractivity contribution in [3.63, 3.8) is 0 Å². The normalized spacial score (nSPS) is 17.1. The Balaban J connectivity index is 2.19. The Kier molecular flexibility index (Phi) is 3.66. The molecule has 1 aliphatic carbocycles. The van der Waals surface area contributed by atoms with Crippen LogP contribution < -0.4 is 4.72 Å². The van der Waals surface area contributed by atoms with Gasteiger partial charge in [-0.15, -0.1) is 0 Å². The van der Waals surface area contributed by atoms with Crippen molar-refractivity contribution < 1.29 is 8.42 Å². The minimum absolute atomic E-state index is 0.0596. The number of nitrogens with one attached hydrogen (secondary N) is 1. The van der Waals surface area contributed by atoms with Crippen molar-refractivity contribution in [3.8, 4) is 6.07 Å². The van der Waals surface area contributed by atoms with Crippen molar-refractivity contribution >= 4 is 21.8 Å². The third-order valence-electron chi connectivity index (χ3n) is 3.12. The maximum Gasteiger partial charge on any atom is 0.241 e. The van der Waals surface area contributed by atoms with Crippen LogP contribution in [0.25, 0.3) is 0 Å². The predicted octanol–water partition coefficient (Wildman–Crippen LogP) is 1.73. The third-order valence-corrected chi connectivity index (χ3v) is 6.00. The molecule has 0 amide bonds. The number of hydrogen-bond donors (Lipinski definition) is 1. The van der Waals surface area contributed by atoms with E-state index in [4.69, 9.17) is 5.26 Å². The van der Waals surface area contributed by atoms with E-state index in [9.17, 15) is 8.42 Å². The summed E-state index contributed by atoms with van der Waals surface area (Å²) in [4.78, 5) is 0.0596. The molecule has 0 aliphatic heterocycles. The van der Waals surface area contributed by atoms with E-state index in [0.29, 0.717) is 6.54 Å². The van der Waals surface area contributed by atoms with Gasteiger partial charge in [-0.25, -0.2) is 13.1 Å². The van der Waals surface area contributed by atoms with Gasteiger partial charge in [-0.1, -0.05) is 12.1 Å². The van der Waals surface area contributed by atoms with E-state index in [2.05, 4.69) is 4.72 Å². The van der Waals surface area contributed by atoms with Gasteiger partial charge in [0.1, 0.15) is 6.07 Å². The Morgan fingerprint density at radius 2 is 2.11 bits per heavy atom. The van der Waals surface area contributed by atoms with Crippen LogP contribution in [0.2, 0.25) is 0 Å². The lowest BCUT2D eigenvalue weighted by molar-refractivity contribution is 0.579. The summed E-state index contributed by atoms with van der Waals surface area (Å²) in [5.74, 6) is 0. The molecule has 1 saturated carbocycles. The van der Waals surface area contributed by atoms with Crippen molar-refractivity contribution in [2.75, 3.05) is 12.8 Å². The first kappa shape index (κ1) is 13.4. The van der Waals surface area contributed by atoms with Crippen LogP contribution >= 0.6 is 11.8 Å². The number of rotatable bonds is 5. The largest absolute Gasteiger partial charge is 0.241 e. The van der Waals surface area contributed by atoms with Crippen LogP contribution in [-0.4, -0.2) is 26.0 Å². The van der Waals surface area contributed by atoms with Gasteiger partial charge in [-0.3, -0.25) is 0 Å².